The molecule has 2 heterocycles. The summed E-state index contributed by atoms with van der Waals surface area (Å²) in [5.41, 5.74) is 3.56. The van der Waals surface area contributed by atoms with E-state index in [-0.39, 0.29) is 12.5 Å². The highest BCUT2D eigenvalue weighted by atomic mass is 16.5. The number of hydrogen-bond donors (Lipinski definition) is 1. The molecule has 182 valence electrons. The van der Waals surface area contributed by atoms with Crippen LogP contribution < -0.4 is 15.0 Å². The predicted octanol–water partition coefficient (Wildman–Crippen LogP) is 4.48. The van der Waals surface area contributed by atoms with Gasteiger partial charge in [0.1, 0.15) is 23.7 Å². The van der Waals surface area contributed by atoms with Crippen LogP contribution >= 0.6 is 0 Å². The fraction of sp³-hybridized carbons (Fsp3) is 0.207. The molecule has 1 amide bonds. The van der Waals surface area contributed by atoms with Gasteiger partial charge in [-0.1, -0.05) is 72.8 Å². The largest absolute Gasteiger partial charge is 0.484 e. The van der Waals surface area contributed by atoms with E-state index >= 15 is 0 Å². The molecular weight excluding hydrogens is 450 g/mol. The molecule has 1 N–H and O–H groups in total. The lowest BCUT2D eigenvalue weighted by Gasteiger charge is -2.35. The van der Waals surface area contributed by atoms with Gasteiger partial charge in [0.2, 0.25) is 0 Å². The van der Waals surface area contributed by atoms with E-state index in [0.29, 0.717) is 11.6 Å². The van der Waals surface area contributed by atoms with Crippen molar-refractivity contribution in [1.82, 2.24) is 14.9 Å². The first kappa shape index (κ1) is 23.5. The molecular formula is C29H29N5O2. The van der Waals surface area contributed by atoms with Crippen LogP contribution in [0.25, 0.3) is 11.1 Å². The number of anilines is 2. The first-order chi connectivity index (χ1) is 17.7. The third-order valence-electron chi connectivity index (χ3n) is 6.20. The summed E-state index contributed by atoms with van der Waals surface area (Å²) in [6.45, 7) is 4.52. The van der Waals surface area contributed by atoms with Crippen molar-refractivity contribution < 1.29 is 9.53 Å². The average molecular weight is 480 g/mol. The molecule has 5 rings (SSSR count). The van der Waals surface area contributed by atoms with Gasteiger partial charge in [-0.15, -0.1) is 0 Å². The minimum atomic E-state index is -0.264. The molecule has 1 aliphatic heterocycles. The molecule has 0 saturated carbocycles. The monoisotopic (exact) mass is 479 g/mol. The highest BCUT2D eigenvalue weighted by Crippen LogP contribution is 2.22. The number of benzene rings is 3. The van der Waals surface area contributed by atoms with E-state index in [2.05, 4.69) is 61.5 Å². The number of carbonyl (C=O) groups excluding carboxylic acids is 1. The fourth-order valence-corrected chi connectivity index (χ4v) is 4.27. The Morgan fingerprint density at radius 1 is 0.806 bits per heavy atom. The van der Waals surface area contributed by atoms with Gasteiger partial charge >= 0.3 is 0 Å². The maximum atomic E-state index is 12.5. The van der Waals surface area contributed by atoms with Gasteiger partial charge in [-0.2, -0.15) is 0 Å². The van der Waals surface area contributed by atoms with Crippen molar-refractivity contribution in [2.24, 2.45) is 0 Å². The third-order valence-corrected chi connectivity index (χ3v) is 6.20. The number of aromatic nitrogens is 2. The van der Waals surface area contributed by atoms with Crippen LogP contribution in [-0.2, 0) is 11.3 Å². The van der Waals surface area contributed by atoms with Gasteiger partial charge in [0, 0.05) is 38.8 Å². The molecule has 7 nitrogen and oxygen atoms in total. The normalized spacial score (nSPS) is 13.8. The van der Waals surface area contributed by atoms with Crippen LogP contribution in [0.4, 0.5) is 11.6 Å². The summed E-state index contributed by atoms with van der Waals surface area (Å²) in [4.78, 5) is 25.8. The van der Waals surface area contributed by atoms with E-state index in [9.17, 15) is 4.79 Å². The number of nitrogens with one attached hydrogen (secondary N) is 1. The van der Waals surface area contributed by atoms with Crippen molar-refractivity contribution in [3.8, 4) is 16.9 Å². The van der Waals surface area contributed by atoms with Crippen molar-refractivity contribution >= 4 is 17.5 Å². The lowest BCUT2D eigenvalue weighted by Crippen LogP contribution is -2.46. The zero-order valence-electron chi connectivity index (χ0n) is 20.1. The lowest BCUT2D eigenvalue weighted by atomic mass is 10.1. The van der Waals surface area contributed by atoms with E-state index < -0.39 is 0 Å². The number of nitrogens with zero attached hydrogens (tertiary/aromatic N) is 4. The molecule has 1 aliphatic rings. The van der Waals surface area contributed by atoms with E-state index in [1.54, 1.807) is 0 Å². The smallest absolute Gasteiger partial charge is 0.263 e. The lowest BCUT2D eigenvalue weighted by molar-refractivity contribution is -0.118. The Morgan fingerprint density at radius 2 is 1.47 bits per heavy atom. The highest BCUT2D eigenvalue weighted by molar-refractivity contribution is 5.91. The van der Waals surface area contributed by atoms with Gasteiger partial charge in [-0.05, 0) is 28.8 Å². The summed E-state index contributed by atoms with van der Waals surface area (Å²) >= 11 is 0. The quantitative estimate of drug-likeness (QED) is 0.402. The number of piperazine rings is 1. The van der Waals surface area contributed by atoms with Crippen molar-refractivity contribution in [2.75, 3.05) is 43.0 Å². The summed E-state index contributed by atoms with van der Waals surface area (Å²) < 4.78 is 5.67. The second-order valence-corrected chi connectivity index (χ2v) is 8.74. The summed E-state index contributed by atoms with van der Waals surface area (Å²) in [5, 5.41) is 2.82. The van der Waals surface area contributed by atoms with E-state index in [4.69, 9.17) is 4.74 Å². The maximum absolute atomic E-state index is 12.5. The maximum Gasteiger partial charge on any atom is 0.263 e. The standard InChI is InChI=1S/C29H29N5O2/c35-29(21-36-26-13-11-25(12-14-26)24-9-5-2-6-10-24)32-27-19-28(31-22-30-27)34-17-15-33(16-18-34)20-23-7-3-1-4-8-23/h1-14,19,22H,15-18,20-21H2,(H,30,31,32,35). The van der Waals surface area contributed by atoms with E-state index in [0.717, 1.165) is 49.7 Å². The molecule has 1 saturated heterocycles. The van der Waals surface area contributed by atoms with Crippen LogP contribution in [0.15, 0.2) is 97.3 Å². The molecule has 0 atom stereocenters. The number of carbonyl (C=O) groups is 1. The Balaban J connectivity index is 1.10. The van der Waals surface area contributed by atoms with Crippen molar-refractivity contribution in [1.29, 1.82) is 0 Å². The van der Waals surface area contributed by atoms with Gasteiger partial charge in [0.05, 0.1) is 0 Å². The number of hydrogen-bond acceptors (Lipinski definition) is 6. The first-order valence-electron chi connectivity index (χ1n) is 12.1. The van der Waals surface area contributed by atoms with Gasteiger partial charge in [0.15, 0.2) is 6.61 Å². The molecule has 4 aromatic rings. The molecule has 0 aliphatic carbocycles. The summed E-state index contributed by atoms with van der Waals surface area (Å²) in [5.74, 6) is 1.66. The molecule has 7 heteroatoms. The van der Waals surface area contributed by atoms with Crippen LogP contribution in [0.3, 0.4) is 0 Å². The highest BCUT2D eigenvalue weighted by Gasteiger charge is 2.19. The van der Waals surface area contributed by atoms with Crippen molar-refractivity contribution in [3.63, 3.8) is 0 Å². The first-order valence-corrected chi connectivity index (χ1v) is 12.1. The predicted molar refractivity (Wildman–Crippen MR) is 142 cm³/mol. The fourth-order valence-electron chi connectivity index (χ4n) is 4.27. The zero-order chi connectivity index (χ0) is 24.6. The second-order valence-electron chi connectivity index (χ2n) is 8.74. The molecule has 1 fully saturated rings. The SMILES string of the molecule is O=C(COc1ccc(-c2ccccc2)cc1)Nc1cc(N2CCN(Cc3ccccc3)CC2)ncn1. The van der Waals surface area contributed by atoms with Crippen LogP contribution in [0, 0.1) is 0 Å². The zero-order valence-corrected chi connectivity index (χ0v) is 20.1. The summed E-state index contributed by atoms with van der Waals surface area (Å²) in [6.07, 6.45) is 1.49. The molecule has 36 heavy (non-hydrogen) atoms. The third kappa shape index (κ3) is 6.25. The average Bonchev–Trinajstić information content (AvgIpc) is 2.94. The van der Waals surface area contributed by atoms with Gasteiger partial charge in [-0.25, -0.2) is 9.97 Å². The van der Waals surface area contributed by atoms with Gasteiger partial charge < -0.3 is 15.0 Å². The topological polar surface area (TPSA) is 70.6 Å². The Kier molecular flexibility index (Phi) is 7.49. The molecule has 0 radical (unpaired) electrons. The molecule has 3 aromatic carbocycles. The molecule has 1 aromatic heterocycles. The van der Waals surface area contributed by atoms with E-state index in [1.807, 2.05) is 54.6 Å². The summed E-state index contributed by atoms with van der Waals surface area (Å²) in [7, 11) is 0. The van der Waals surface area contributed by atoms with Crippen LogP contribution in [0.2, 0.25) is 0 Å². The minimum absolute atomic E-state index is 0.0951. The minimum Gasteiger partial charge on any atom is -0.484 e. The Hall–Kier alpha value is -4.23. The van der Waals surface area contributed by atoms with E-state index in [1.165, 1.54) is 11.9 Å². The molecule has 0 unspecified atom stereocenters. The number of rotatable bonds is 8. The van der Waals surface area contributed by atoms with Crippen molar-refractivity contribution in [3.05, 3.63) is 103 Å². The Bertz CT molecular complexity index is 1260. The number of amides is 1. The van der Waals surface area contributed by atoms with Crippen LogP contribution in [-0.4, -0.2) is 53.6 Å². The summed E-state index contributed by atoms with van der Waals surface area (Å²) in [6, 6.07) is 30.2. The number of ether oxygens (including phenoxy) is 1. The molecule has 0 spiro atoms. The van der Waals surface area contributed by atoms with Gasteiger partial charge in [-0.3, -0.25) is 9.69 Å². The Morgan fingerprint density at radius 3 is 2.19 bits per heavy atom. The van der Waals surface area contributed by atoms with Gasteiger partial charge in [0.25, 0.3) is 5.91 Å². The molecule has 0 bridgehead atoms. The van der Waals surface area contributed by atoms with Crippen LogP contribution in [0.5, 0.6) is 5.75 Å². The second kappa shape index (κ2) is 11.5. The Labute approximate surface area is 211 Å². The van der Waals surface area contributed by atoms with Crippen molar-refractivity contribution in [2.45, 2.75) is 6.54 Å². The van der Waals surface area contributed by atoms with Crippen LogP contribution in [0.1, 0.15) is 5.56 Å².